The Morgan fingerprint density at radius 1 is 1.23 bits per heavy atom. The van der Waals surface area contributed by atoms with Gasteiger partial charge in [0.2, 0.25) is 5.91 Å². The van der Waals surface area contributed by atoms with Gasteiger partial charge in [-0.1, -0.05) is 6.92 Å². The standard InChI is InChI=1S/C17H21F2N3O4/c1-2-15(24)20-3-5-21(6-4-20)16-13(18)7-11(8-14(16)19)22-9-12(10-23)26-17(22)25/h7-8,12,23H,2-6,9-10H2,1H3. The largest absolute Gasteiger partial charge is 0.441 e. The van der Waals surface area contributed by atoms with Gasteiger partial charge in [0.05, 0.1) is 18.8 Å². The van der Waals surface area contributed by atoms with Crippen LogP contribution in [0.4, 0.5) is 25.0 Å². The number of anilines is 2. The third-order valence-electron chi connectivity index (χ3n) is 4.64. The molecule has 142 valence electrons. The molecular formula is C17H21F2N3O4. The summed E-state index contributed by atoms with van der Waals surface area (Å²) in [5, 5.41) is 9.06. The molecule has 2 aliphatic rings. The van der Waals surface area contributed by atoms with Crippen molar-refractivity contribution in [1.82, 2.24) is 4.90 Å². The monoisotopic (exact) mass is 369 g/mol. The molecule has 2 aliphatic heterocycles. The normalized spacial score (nSPS) is 20.5. The molecule has 0 saturated carbocycles. The van der Waals surface area contributed by atoms with E-state index in [0.717, 1.165) is 17.0 Å². The number of aliphatic hydroxyl groups is 1. The van der Waals surface area contributed by atoms with Crippen LogP contribution in [0.3, 0.4) is 0 Å². The number of ether oxygens (including phenoxy) is 1. The predicted molar refractivity (Wildman–Crippen MR) is 90.1 cm³/mol. The Kier molecular flexibility index (Phi) is 5.26. The van der Waals surface area contributed by atoms with Crippen LogP contribution in [0.25, 0.3) is 0 Å². The van der Waals surface area contributed by atoms with Crippen LogP contribution in [0.1, 0.15) is 13.3 Å². The molecule has 0 bridgehead atoms. The molecule has 2 fully saturated rings. The van der Waals surface area contributed by atoms with E-state index in [0.29, 0.717) is 32.6 Å². The number of hydrogen-bond donors (Lipinski definition) is 1. The van der Waals surface area contributed by atoms with Gasteiger partial charge < -0.3 is 19.6 Å². The highest BCUT2D eigenvalue weighted by Crippen LogP contribution is 2.31. The molecule has 0 spiro atoms. The Morgan fingerprint density at radius 3 is 2.35 bits per heavy atom. The van der Waals surface area contributed by atoms with E-state index in [1.54, 1.807) is 16.7 Å². The Bertz CT molecular complexity index is 684. The molecule has 26 heavy (non-hydrogen) atoms. The molecule has 1 N–H and O–H groups in total. The van der Waals surface area contributed by atoms with Gasteiger partial charge in [-0.15, -0.1) is 0 Å². The summed E-state index contributed by atoms with van der Waals surface area (Å²) >= 11 is 0. The van der Waals surface area contributed by atoms with Crippen LogP contribution in [0, 0.1) is 11.6 Å². The maximum Gasteiger partial charge on any atom is 0.414 e. The average Bonchev–Trinajstić information content (AvgIpc) is 3.02. The first-order valence-electron chi connectivity index (χ1n) is 8.55. The van der Waals surface area contributed by atoms with Crippen molar-refractivity contribution in [2.75, 3.05) is 49.1 Å². The number of carbonyl (C=O) groups excluding carboxylic acids is 2. The van der Waals surface area contributed by atoms with Gasteiger partial charge in [0, 0.05) is 44.7 Å². The summed E-state index contributed by atoms with van der Waals surface area (Å²) in [6.07, 6.45) is -1.06. The van der Waals surface area contributed by atoms with Crippen molar-refractivity contribution >= 4 is 23.4 Å². The topological polar surface area (TPSA) is 73.3 Å². The van der Waals surface area contributed by atoms with Gasteiger partial charge in [-0.05, 0) is 0 Å². The van der Waals surface area contributed by atoms with Crippen molar-refractivity contribution in [2.24, 2.45) is 0 Å². The van der Waals surface area contributed by atoms with Crippen LogP contribution in [-0.4, -0.2) is 67.4 Å². The van der Waals surface area contributed by atoms with Crippen LogP contribution in [0.15, 0.2) is 12.1 Å². The van der Waals surface area contributed by atoms with E-state index >= 15 is 0 Å². The molecule has 0 aromatic heterocycles. The molecule has 1 aromatic carbocycles. The van der Waals surface area contributed by atoms with Gasteiger partial charge in [0.25, 0.3) is 0 Å². The summed E-state index contributed by atoms with van der Waals surface area (Å²) in [6.45, 7) is 2.93. The first kappa shape index (κ1) is 18.4. The third-order valence-corrected chi connectivity index (χ3v) is 4.64. The maximum absolute atomic E-state index is 14.6. The number of rotatable bonds is 4. The van der Waals surface area contributed by atoms with Crippen molar-refractivity contribution in [1.29, 1.82) is 0 Å². The molecule has 1 aromatic rings. The van der Waals surface area contributed by atoms with Gasteiger partial charge in [0.15, 0.2) is 11.6 Å². The van der Waals surface area contributed by atoms with E-state index in [-0.39, 0.29) is 30.4 Å². The first-order chi connectivity index (χ1) is 12.4. The Hall–Kier alpha value is -2.42. The molecule has 2 heterocycles. The van der Waals surface area contributed by atoms with Crippen LogP contribution in [0.5, 0.6) is 0 Å². The van der Waals surface area contributed by atoms with Gasteiger partial charge in [-0.25, -0.2) is 13.6 Å². The van der Waals surface area contributed by atoms with Gasteiger partial charge in [0.1, 0.15) is 11.8 Å². The van der Waals surface area contributed by atoms with Crippen LogP contribution < -0.4 is 9.80 Å². The number of aliphatic hydroxyl groups excluding tert-OH is 1. The lowest BCUT2D eigenvalue weighted by molar-refractivity contribution is -0.131. The minimum absolute atomic E-state index is 0.0203. The number of nitrogens with zero attached hydrogens (tertiary/aromatic N) is 3. The number of cyclic esters (lactones) is 1. The fraction of sp³-hybridized carbons (Fsp3) is 0.529. The summed E-state index contributed by atoms with van der Waals surface area (Å²) in [7, 11) is 0. The molecular weight excluding hydrogens is 348 g/mol. The van der Waals surface area contributed by atoms with Crippen molar-refractivity contribution in [3.05, 3.63) is 23.8 Å². The summed E-state index contributed by atoms with van der Waals surface area (Å²) in [5.74, 6) is -1.54. The van der Waals surface area contributed by atoms with E-state index in [4.69, 9.17) is 9.84 Å². The quantitative estimate of drug-likeness (QED) is 0.867. The lowest BCUT2D eigenvalue weighted by Crippen LogP contribution is -2.49. The van der Waals surface area contributed by atoms with Crippen LogP contribution in [0.2, 0.25) is 0 Å². The molecule has 0 radical (unpaired) electrons. The third kappa shape index (κ3) is 3.44. The summed E-state index contributed by atoms with van der Waals surface area (Å²) in [4.78, 5) is 27.8. The Labute approximate surface area is 149 Å². The molecule has 2 saturated heterocycles. The molecule has 1 atom stereocenters. The minimum Gasteiger partial charge on any atom is -0.441 e. The van der Waals surface area contributed by atoms with Gasteiger partial charge in [-0.3, -0.25) is 9.69 Å². The van der Waals surface area contributed by atoms with Crippen LogP contribution in [-0.2, 0) is 9.53 Å². The molecule has 0 aliphatic carbocycles. The number of halogens is 2. The fourth-order valence-corrected chi connectivity index (χ4v) is 3.24. The highest BCUT2D eigenvalue weighted by molar-refractivity contribution is 5.90. The van der Waals surface area contributed by atoms with E-state index in [2.05, 4.69) is 0 Å². The number of benzene rings is 1. The van der Waals surface area contributed by atoms with Crippen molar-refractivity contribution in [2.45, 2.75) is 19.4 Å². The average molecular weight is 369 g/mol. The van der Waals surface area contributed by atoms with E-state index in [9.17, 15) is 18.4 Å². The Morgan fingerprint density at radius 2 is 1.85 bits per heavy atom. The van der Waals surface area contributed by atoms with E-state index in [1.807, 2.05) is 0 Å². The second kappa shape index (κ2) is 7.45. The number of amides is 2. The summed E-state index contributed by atoms with van der Waals surface area (Å²) in [5.41, 5.74) is -0.117. The summed E-state index contributed by atoms with van der Waals surface area (Å²) in [6, 6.07) is 2.17. The zero-order valence-electron chi connectivity index (χ0n) is 14.5. The fourth-order valence-electron chi connectivity index (χ4n) is 3.24. The molecule has 3 rings (SSSR count). The van der Waals surface area contributed by atoms with Crippen LogP contribution >= 0.6 is 0 Å². The predicted octanol–water partition coefficient (Wildman–Crippen LogP) is 1.34. The van der Waals surface area contributed by atoms with Crippen molar-refractivity contribution in [3.63, 3.8) is 0 Å². The molecule has 1 unspecified atom stereocenters. The smallest absolute Gasteiger partial charge is 0.414 e. The number of carbonyl (C=O) groups is 2. The van der Waals surface area contributed by atoms with Crippen molar-refractivity contribution in [3.8, 4) is 0 Å². The number of hydrogen-bond acceptors (Lipinski definition) is 5. The number of piperazine rings is 1. The summed E-state index contributed by atoms with van der Waals surface area (Å²) < 4.78 is 34.1. The highest BCUT2D eigenvalue weighted by atomic mass is 19.1. The second-order valence-corrected chi connectivity index (χ2v) is 6.28. The lowest BCUT2D eigenvalue weighted by atomic mass is 10.2. The first-order valence-corrected chi connectivity index (χ1v) is 8.55. The second-order valence-electron chi connectivity index (χ2n) is 6.28. The van der Waals surface area contributed by atoms with Crippen molar-refractivity contribution < 1.29 is 28.2 Å². The maximum atomic E-state index is 14.6. The van der Waals surface area contributed by atoms with Gasteiger partial charge >= 0.3 is 6.09 Å². The SMILES string of the molecule is CCC(=O)N1CCN(c2c(F)cc(N3CC(CO)OC3=O)cc2F)CC1. The lowest BCUT2D eigenvalue weighted by Gasteiger charge is -2.36. The van der Waals surface area contributed by atoms with E-state index in [1.165, 1.54) is 0 Å². The van der Waals surface area contributed by atoms with E-state index < -0.39 is 23.8 Å². The highest BCUT2D eigenvalue weighted by Gasteiger charge is 2.33. The zero-order valence-corrected chi connectivity index (χ0v) is 14.5. The molecule has 9 heteroatoms. The minimum atomic E-state index is -0.782. The molecule has 7 nitrogen and oxygen atoms in total. The molecule has 2 amide bonds. The van der Waals surface area contributed by atoms with Gasteiger partial charge in [-0.2, -0.15) is 0 Å². The Balaban J connectivity index is 1.77. The zero-order chi connectivity index (χ0) is 18.8.